The van der Waals surface area contributed by atoms with Crippen LogP contribution in [0.4, 0.5) is 13.6 Å². The van der Waals surface area contributed by atoms with Crippen molar-refractivity contribution in [3.63, 3.8) is 0 Å². The highest BCUT2D eigenvalue weighted by atomic mass is 79.9. The van der Waals surface area contributed by atoms with Crippen LogP contribution in [-0.2, 0) is 0 Å². The molecule has 5 heteroatoms. The Bertz CT molecular complexity index is 164. The highest BCUT2D eigenvalue weighted by Gasteiger charge is 2.34. The van der Waals surface area contributed by atoms with Crippen LogP contribution in [0.1, 0.15) is 12.8 Å². The topological polar surface area (TPSA) is 20.3 Å². The predicted octanol–water partition coefficient (Wildman–Crippen LogP) is 2.23. The summed E-state index contributed by atoms with van der Waals surface area (Å²) in [7, 11) is 0. The molecule has 0 bridgehead atoms. The molecular weight excluding hydrogens is 220 g/mol. The molecule has 1 fully saturated rings. The van der Waals surface area contributed by atoms with Crippen LogP contribution in [0, 0.1) is 0 Å². The van der Waals surface area contributed by atoms with E-state index in [9.17, 15) is 13.6 Å². The standard InChI is InChI=1S/C6H8BrF2NO/c7-5(11)10-3-1-6(8,9)2-4-10/h1-4H2. The van der Waals surface area contributed by atoms with Crippen LogP contribution < -0.4 is 0 Å². The van der Waals surface area contributed by atoms with Crippen molar-refractivity contribution < 1.29 is 13.6 Å². The number of piperidine rings is 1. The first-order valence-corrected chi connectivity index (χ1v) is 4.13. The zero-order chi connectivity index (χ0) is 8.48. The Kier molecular flexibility index (Phi) is 2.47. The normalized spacial score (nSPS) is 23.4. The number of carbonyl (C=O) groups is 1. The summed E-state index contributed by atoms with van der Waals surface area (Å²) < 4.78 is 25.0. The Balaban J connectivity index is 2.42. The van der Waals surface area contributed by atoms with Gasteiger partial charge in [0.25, 0.3) is 10.7 Å². The molecule has 1 aliphatic heterocycles. The summed E-state index contributed by atoms with van der Waals surface area (Å²) in [5.74, 6) is -2.57. The summed E-state index contributed by atoms with van der Waals surface area (Å²) in [5, 5.41) is 0. The average molecular weight is 228 g/mol. The van der Waals surface area contributed by atoms with Crippen LogP contribution >= 0.6 is 15.9 Å². The quantitative estimate of drug-likeness (QED) is 0.459. The second-order valence-corrected chi connectivity index (χ2v) is 3.27. The molecule has 1 saturated heterocycles. The number of amides is 1. The van der Waals surface area contributed by atoms with Gasteiger partial charge in [-0.05, 0) is 0 Å². The van der Waals surface area contributed by atoms with Gasteiger partial charge in [-0.3, -0.25) is 4.79 Å². The highest BCUT2D eigenvalue weighted by molar-refractivity contribution is 9.18. The molecule has 0 unspecified atom stereocenters. The number of hydrogen-bond donors (Lipinski definition) is 0. The molecule has 2 nitrogen and oxygen atoms in total. The van der Waals surface area contributed by atoms with Crippen LogP contribution in [0.15, 0.2) is 0 Å². The van der Waals surface area contributed by atoms with Crippen molar-refractivity contribution in [2.24, 2.45) is 0 Å². The molecular formula is C6H8BrF2NO. The van der Waals surface area contributed by atoms with E-state index in [0.717, 1.165) is 0 Å². The largest absolute Gasteiger partial charge is 0.333 e. The van der Waals surface area contributed by atoms with Gasteiger partial charge in [-0.25, -0.2) is 8.78 Å². The molecule has 1 heterocycles. The minimum absolute atomic E-state index is 0.150. The SMILES string of the molecule is O=C(Br)N1CCC(F)(F)CC1. The lowest BCUT2D eigenvalue weighted by atomic mass is 10.1. The third-order valence-electron chi connectivity index (χ3n) is 1.74. The summed E-state index contributed by atoms with van der Waals surface area (Å²) in [6.07, 6.45) is -0.436. The summed E-state index contributed by atoms with van der Waals surface area (Å²) in [6, 6.07) is 0. The predicted molar refractivity (Wildman–Crippen MR) is 40.1 cm³/mol. The molecule has 0 aromatic heterocycles. The first kappa shape index (κ1) is 8.90. The Morgan fingerprint density at radius 2 is 1.82 bits per heavy atom. The van der Waals surface area contributed by atoms with Crippen LogP contribution in [0.5, 0.6) is 0 Å². The molecule has 0 aliphatic carbocycles. The minimum atomic E-state index is -2.57. The summed E-state index contributed by atoms with van der Waals surface area (Å²) in [4.78, 5) is 11.7. The Morgan fingerprint density at radius 3 is 2.18 bits per heavy atom. The van der Waals surface area contributed by atoms with Crippen molar-refractivity contribution in [2.75, 3.05) is 13.1 Å². The lowest BCUT2D eigenvalue weighted by molar-refractivity contribution is -0.0452. The van der Waals surface area contributed by atoms with Gasteiger partial charge in [-0.15, -0.1) is 0 Å². The molecule has 0 aromatic carbocycles. The minimum Gasteiger partial charge on any atom is -0.333 e. The monoisotopic (exact) mass is 227 g/mol. The number of halogens is 3. The summed E-state index contributed by atoms with van der Waals surface area (Å²) in [6.45, 7) is 0.300. The van der Waals surface area contributed by atoms with Crippen molar-refractivity contribution in [1.29, 1.82) is 0 Å². The molecule has 0 N–H and O–H groups in total. The molecule has 1 amide bonds. The molecule has 0 saturated carbocycles. The highest BCUT2D eigenvalue weighted by Crippen LogP contribution is 2.28. The fraction of sp³-hybridized carbons (Fsp3) is 0.833. The number of alkyl halides is 2. The third-order valence-corrected chi connectivity index (χ3v) is 2.25. The molecule has 0 spiro atoms. The third kappa shape index (κ3) is 2.39. The molecule has 1 aliphatic rings. The molecule has 1 rings (SSSR count). The molecule has 0 radical (unpaired) electrons. The lowest BCUT2D eigenvalue weighted by Gasteiger charge is -2.30. The number of rotatable bonds is 0. The van der Waals surface area contributed by atoms with Crippen molar-refractivity contribution in [2.45, 2.75) is 18.8 Å². The van der Waals surface area contributed by atoms with Crippen LogP contribution in [-0.4, -0.2) is 28.7 Å². The van der Waals surface area contributed by atoms with Crippen LogP contribution in [0.2, 0.25) is 0 Å². The Morgan fingerprint density at radius 1 is 1.36 bits per heavy atom. The fourth-order valence-corrected chi connectivity index (χ4v) is 1.36. The van der Waals surface area contributed by atoms with Gasteiger partial charge in [-0.1, -0.05) is 0 Å². The second kappa shape index (κ2) is 3.05. The van der Waals surface area contributed by atoms with E-state index >= 15 is 0 Å². The molecule has 64 valence electrons. The van der Waals surface area contributed by atoms with E-state index in [0.29, 0.717) is 0 Å². The van der Waals surface area contributed by atoms with Crippen LogP contribution in [0.3, 0.4) is 0 Å². The van der Waals surface area contributed by atoms with Crippen molar-refractivity contribution in [3.05, 3.63) is 0 Å². The van der Waals surface area contributed by atoms with Gasteiger partial charge in [0.15, 0.2) is 0 Å². The summed E-state index contributed by atoms with van der Waals surface area (Å²) in [5.41, 5.74) is 0. The number of nitrogens with zero attached hydrogens (tertiary/aromatic N) is 1. The van der Waals surface area contributed by atoms with E-state index in [1.807, 2.05) is 0 Å². The lowest BCUT2D eigenvalue weighted by Crippen LogP contribution is -2.40. The smallest absolute Gasteiger partial charge is 0.289 e. The molecule has 11 heavy (non-hydrogen) atoms. The Hall–Kier alpha value is -0.190. The first-order chi connectivity index (χ1) is 5.01. The maximum absolute atomic E-state index is 12.5. The van der Waals surface area contributed by atoms with E-state index in [4.69, 9.17) is 0 Å². The molecule has 0 aromatic rings. The van der Waals surface area contributed by atoms with E-state index in [1.54, 1.807) is 0 Å². The zero-order valence-corrected chi connectivity index (χ0v) is 7.40. The van der Waals surface area contributed by atoms with Crippen molar-refractivity contribution in [3.8, 4) is 0 Å². The van der Waals surface area contributed by atoms with Gasteiger partial charge in [0.2, 0.25) is 0 Å². The number of carbonyl (C=O) groups excluding carboxylic acids is 1. The summed E-state index contributed by atoms with van der Waals surface area (Å²) >= 11 is 2.72. The van der Waals surface area contributed by atoms with Gasteiger partial charge < -0.3 is 4.90 Å². The second-order valence-electron chi connectivity index (χ2n) is 2.60. The fourth-order valence-electron chi connectivity index (χ4n) is 1.01. The average Bonchev–Trinajstić information content (AvgIpc) is 1.86. The zero-order valence-electron chi connectivity index (χ0n) is 5.82. The maximum Gasteiger partial charge on any atom is 0.289 e. The van der Waals surface area contributed by atoms with E-state index < -0.39 is 5.92 Å². The molecule has 0 atom stereocenters. The number of likely N-dealkylation sites (tertiary alicyclic amines) is 1. The first-order valence-electron chi connectivity index (χ1n) is 3.33. The Labute approximate surface area is 71.7 Å². The van der Waals surface area contributed by atoms with E-state index in [-0.39, 0.29) is 30.7 Å². The van der Waals surface area contributed by atoms with E-state index in [2.05, 4.69) is 15.9 Å². The van der Waals surface area contributed by atoms with Gasteiger partial charge in [0.1, 0.15) is 0 Å². The van der Waals surface area contributed by atoms with Gasteiger partial charge in [0.05, 0.1) is 0 Å². The number of hydrogen-bond acceptors (Lipinski definition) is 1. The van der Waals surface area contributed by atoms with Crippen molar-refractivity contribution >= 4 is 20.7 Å². The van der Waals surface area contributed by atoms with Gasteiger partial charge in [0, 0.05) is 41.9 Å². The van der Waals surface area contributed by atoms with Crippen molar-refractivity contribution in [1.82, 2.24) is 4.90 Å². The van der Waals surface area contributed by atoms with Gasteiger partial charge in [-0.2, -0.15) is 0 Å². The van der Waals surface area contributed by atoms with Gasteiger partial charge >= 0.3 is 0 Å². The van der Waals surface area contributed by atoms with Crippen LogP contribution in [0.25, 0.3) is 0 Å². The maximum atomic E-state index is 12.5. The van der Waals surface area contributed by atoms with E-state index in [1.165, 1.54) is 4.90 Å².